The number of aliphatic hydroxyl groups excluding tert-OH is 1. The number of aliphatic hydroxyl groups is 1. The Bertz CT molecular complexity index is 497. The molecule has 0 aliphatic heterocycles. The van der Waals surface area contributed by atoms with Crippen molar-refractivity contribution in [2.45, 2.75) is 33.3 Å². The van der Waals surface area contributed by atoms with Crippen molar-refractivity contribution in [2.24, 2.45) is 5.41 Å². The fraction of sp³-hybridized carbons (Fsp3) is 0.533. The molecule has 0 fully saturated rings. The van der Waals surface area contributed by atoms with Crippen LogP contribution in [0.15, 0.2) is 18.2 Å². The second kappa shape index (κ2) is 8.03. The molecule has 0 heterocycles. The predicted octanol–water partition coefficient (Wildman–Crippen LogP) is 2.96. The van der Waals surface area contributed by atoms with Gasteiger partial charge < -0.3 is 15.2 Å². The first-order valence-electron chi connectivity index (χ1n) is 7.01. The van der Waals surface area contributed by atoms with Gasteiger partial charge in [0.15, 0.2) is 0 Å². The van der Waals surface area contributed by atoms with Gasteiger partial charge in [-0.2, -0.15) is 8.78 Å². The summed E-state index contributed by atoms with van der Waals surface area (Å²) in [4.78, 5) is 12.1. The maximum Gasteiger partial charge on any atom is 0.387 e. The predicted molar refractivity (Wildman–Crippen MR) is 75.5 cm³/mol. The monoisotopic (exact) mass is 319 g/mol. The molecule has 1 amide bonds. The van der Waals surface area contributed by atoms with Gasteiger partial charge in [0, 0.05) is 18.0 Å². The van der Waals surface area contributed by atoms with Crippen molar-refractivity contribution in [2.75, 3.05) is 13.2 Å². The average Bonchev–Trinajstić information content (AvgIpc) is 2.48. The molecule has 0 radical (unpaired) electrons. The van der Waals surface area contributed by atoms with Gasteiger partial charge in [0.25, 0.3) is 5.91 Å². The van der Waals surface area contributed by atoms with Gasteiger partial charge in [-0.05, 0) is 25.0 Å². The lowest BCUT2D eigenvalue weighted by Gasteiger charge is -2.29. The number of carbonyl (C=O) groups is 1. The molecule has 0 saturated carbocycles. The number of benzene rings is 1. The van der Waals surface area contributed by atoms with E-state index >= 15 is 0 Å². The minimum Gasteiger partial charge on any atom is -0.434 e. The van der Waals surface area contributed by atoms with Gasteiger partial charge in [-0.1, -0.05) is 13.8 Å². The molecule has 0 aliphatic carbocycles. The van der Waals surface area contributed by atoms with Gasteiger partial charge in [-0.15, -0.1) is 0 Å². The van der Waals surface area contributed by atoms with Crippen LogP contribution in [0.4, 0.5) is 13.2 Å². The Morgan fingerprint density at radius 1 is 1.36 bits per heavy atom. The summed E-state index contributed by atoms with van der Waals surface area (Å²) >= 11 is 0. The zero-order valence-corrected chi connectivity index (χ0v) is 12.5. The highest BCUT2D eigenvalue weighted by atomic mass is 19.3. The highest BCUT2D eigenvalue weighted by molar-refractivity contribution is 5.96. The van der Waals surface area contributed by atoms with Crippen LogP contribution in [0.1, 0.15) is 37.0 Å². The van der Waals surface area contributed by atoms with E-state index in [0.717, 1.165) is 18.2 Å². The topological polar surface area (TPSA) is 58.6 Å². The van der Waals surface area contributed by atoms with E-state index in [4.69, 9.17) is 0 Å². The zero-order chi connectivity index (χ0) is 16.8. The molecule has 1 rings (SSSR count). The maximum atomic E-state index is 13.1. The Balaban J connectivity index is 2.89. The van der Waals surface area contributed by atoms with Crippen LogP contribution in [-0.4, -0.2) is 30.8 Å². The number of nitrogens with one attached hydrogen (secondary N) is 1. The van der Waals surface area contributed by atoms with Crippen molar-refractivity contribution >= 4 is 5.91 Å². The number of ether oxygens (including phenoxy) is 1. The summed E-state index contributed by atoms with van der Waals surface area (Å²) in [6.07, 6.45) is 1.29. The number of alkyl halides is 2. The Morgan fingerprint density at radius 3 is 2.50 bits per heavy atom. The number of hydrogen-bond acceptors (Lipinski definition) is 3. The van der Waals surface area contributed by atoms with Crippen LogP contribution in [0.2, 0.25) is 0 Å². The summed E-state index contributed by atoms with van der Waals surface area (Å²) in [6.45, 7) is 0.686. The van der Waals surface area contributed by atoms with Gasteiger partial charge in [-0.25, -0.2) is 4.39 Å². The molecule has 1 aromatic rings. The average molecular weight is 319 g/mol. The molecule has 7 heteroatoms. The molecule has 0 spiro atoms. The van der Waals surface area contributed by atoms with Crippen LogP contribution in [0.25, 0.3) is 0 Å². The number of halogens is 3. The van der Waals surface area contributed by atoms with Crippen molar-refractivity contribution in [3.05, 3.63) is 29.6 Å². The maximum absolute atomic E-state index is 13.1. The van der Waals surface area contributed by atoms with Crippen LogP contribution >= 0.6 is 0 Å². The Hall–Kier alpha value is -1.76. The van der Waals surface area contributed by atoms with E-state index < -0.39 is 29.5 Å². The first kappa shape index (κ1) is 18.3. The van der Waals surface area contributed by atoms with Crippen molar-refractivity contribution < 1.29 is 27.8 Å². The number of hydrogen-bond donors (Lipinski definition) is 2. The van der Waals surface area contributed by atoms with E-state index in [1.807, 2.05) is 13.8 Å². The summed E-state index contributed by atoms with van der Waals surface area (Å²) in [6, 6.07) is 2.81. The lowest BCUT2D eigenvalue weighted by Crippen LogP contribution is -2.39. The summed E-state index contributed by atoms with van der Waals surface area (Å²) in [5, 5.41) is 12.0. The summed E-state index contributed by atoms with van der Waals surface area (Å²) in [5.41, 5.74) is -0.653. The van der Waals surface area contributed by atoms with E-state index in [9.17, 15) is 23.1 Å². The molecular weight excluding hydrogens is 299 g/mol. The molecule has 0 bridgehead atoms. The van der Waals surface area contributed by atoms with Crippen molar-refractivity contribution in [3.63, 3.8) is 0 Å². The van der Waals surface area contributed by atoms with E-state index in [1.54, 1.807) is 0 Å². The molecule has 4 nitrogen and oxygen atoms in total. The third-order valence-corrected chi connectivity index (χ3v) is 3.86. The summed E-state index contributed by atoms with van der Waals surface area (Å²) in [5.74, 6) is -1.95. The lowest BCUT2D eigenvalue weighted by atomic mass is 9.83. The molecule has 0 unspecified atom stereocenters. The third kappa shape index (κ3) is 4.62. The van der Waals surface area contributed by atoms with E-state index in [1.165, 1.54) is 0 Å². The fourth-order valence-electron chi connectivity index (χ4n) is 2.02. The summed E-state index contributed by atoms with van der Waals surface area (Å²) in [7, 11) is 0. The third-order valence-electron chi connectivity index (χ3n) is 3.86. The number of carbonyl (C=O) groups excluding carboxylic acids is 1. The first-order chi connectivity index (χ1) is 10.4. The SMILES string of the molecule is CCC(CC)(CO)CNC(=O)c1ccc(F)cc1OC(F)F. The van der Waals surface area contributed by atoms with Crippen molar-refractivity contribution in [3.8, 4) is 5.75 Å². The molecule has 1 aromatic carbocycles. The van der Waals surface area contributed by atoms with Gasteiger partial charge in [-0.3, -0.25) is 4.79 Å². The fourth-order valence-corrected chi connectivity index (χ4v) is 2.02. The van der Waals surface area contributed by atoms with Crippen molar-refractivity contribution in [1.82, 2.24) is 5.32 Å². The molecule has 0 aliphatic rings. The van der Waals surface area contributed by atoms with Gasteiger partial charge >= 0.3 is 6.61 Å². The standard InChI is InChI=1S/C15H20F3NO3/c1-3-15(4-2,9-20)8-19-13(21)11-6-5-10(16)7-12(11)22-14(17)18/h5-7,14,20H,3-4,8-9H2,1-2H3,(H,19,21). The molecular formula is C15H20F3NO3. The largest absolute Gasteiger partial charge is 0.434 e. The highest BCUT2D eigenvalue weighted by Crippen LogP contribution is 2.26. The normalized spacial score (nSPS) is 11.6. The van der Waals surface area contributed by atoms with Gasteiger partial charge in [0.1, 0.15) is 11.6 Å². The van der Waals surface area contributed by atoms with E-state index in [-0.39, 0.29) is 18.7 Å². The number of rotatable bonds is 8. The smallest absolute Gasteiger partial charge is 0.387 e. The van der Waals surface area contributed by atoms with Gasteiger partial charge in [0.05, 0.1) is 12.2 Å². The molecule has 22 heavy (non-hydrogen) atoms. The Kier molecular flexibility index (Phi) is 6.67. The number of amides is 1. The highest BCUT2D eigenvalue weighted by Gasteiger charge is 2.26. The Labute approximate surface area is 127 Å². The molecule has 0 aromatic heterocycles. The first-order valence-corrected chi connectivity index (χ1v) is 7.01. The molecule has 2 N–H and O–H groups in total. The second-order valence-electron chi connectivity index (χ2n) is 5.07. The minimum atomic E-state index is -3.16. The Morgan fingerprint density at radius 2 is 2.00 bits per heavy atom. The van der Waals surface area contributed by atoms with Crippen LogP contribution in [0, 0.1) is 11.2 Å². The van der Waals surface area contributed by atoms with Crippen LogP contribution in [0.3, 0.4) is 0 Å². The molecule has 0 atom stereocenters. The molecule has 0 saturated heterocycles. The van der Waals surface area contributed by atoms with Crippen LogP contribution < -0.4 is 10.1 Å². The molecule has 124 valence electrons. The zero-order valence-electron chi connectivity index (χ0n) is 12.5. The van der Waals surface area contributed by atoms with Crippen LogP contribution in [-0.2, 0) is 0 Å². The lowest BCUT2D eigenvalue weighted by molar-refractivity contribution is -0.0503. The second-order valence-corrected chi connectivity index (χ2v) is 5.07. The minimum absolute atomic E-state index is 0.107. The van der Waals surface area contributed by atoms with E-state index in [0.29, 0.717) is 12.8 Å². The van der Waals surface area contributed by atoms with Crippen LogP contribution in [0.5, 0.6) is 5.75 Å². The van der Waals surface area contributed by atoms with Crippen molar-refractivity contribution in [1.29, 1.82) is 0 Å². The van der Waals surface area contributed by atoms with Gasteiger partial charge in [0.2, 0.25) is 0 Å². The summed E-state index contributed by atoms with van der Waals surface area (Å²) < 4.78 is 41.9. The van der Waals surface area contributed by atoms with E-state index in [2.05, 4.69) is 10.1 Å². The quantitative estimate of drug-likeness (QED) is 0.774.